The van der Waals surface area contributed by atoms with Crippen LogP contribution in [-0.2, 0) is 16.1 Å². The van der Waals surface area contributed by atoms with Gasteiger partial charge in [0.2, 0.25) is 5.91 Å². The van der Waals surface area contributed by atoms with E-state index in [1.54, 1.807) is 36.4 Å². The number of hydrogen-bond acceptors (Lipinski definition) is 4. The molecule has 1 amide bonds. The van der Waals surface area contributed by atoms with E-state index in [9.17, 15) is 9.59 Å². The van der Waals surface area contributed by atoms with Crippen LogP contribution < -0.4 is 10.6 Å². The van der Waals surface area contributed by atoms with Crippen LogP contribution in [0.25, 0.3) is 0 Å². The fraction of sp³-hybridized carbons (Fsp3) is 0.176. The van der Waals surface area contributed by atoms with Gasteiger partial charge in [0, 0.05) is 17.3 Å². The summed E-state index contributed by atoms with van der Waals surface area (Å²) in [5.41, 5.74) is 2.07. The molecule has 2 aromatic carbocycles. The molecule has 0 saturated heterocycles. The number of methoxy groups -OCH3 is 1. The molecule has 23 heavy (non-hydrogen) atoms. The van der Waals surface area contributed by atoms with E-state index < -0.39 is 5.97 Å². The molecule has 0 heterocycles. The van der Waals surface area contributed by atoms with Crippen molar-refractivity contribution >= 4 is 29.2 Å². The maximum absolute atomic E-state index is 11.8. The molecule has 0 aliphatic carbocycles. The molecule has 0 spiro atoms. The molecule has 0 radical (unpaired) electrons. The van der Waals surface area contributed by atoms with Crippen molar-refractivity contribution in [2.75, 3.05) is 19.0 Å². The van der Waals surface area contributed by atoms with E-state index in [-0.39, 0.29) is 12.5 Å². The molecular formula is C17H17ClN2O3. The van der Waals surface area contributed by atoms with Gasteiger partial charge in [-0.2, -0.15) is 0 Å². The highest BCUT2D eigenvalue weighted by Gasteiger charge is 2.06. The van der Waals surface area contributed by atoms with Gasteiger partial charge in [-0.25, -0.2) is 4.79 Å². The maximum Gasteiger partial charge on any atom is 0.337 e. The van der Waals surface area contributed by atoms with Crippen molar-refractivity contribution in [3.8, 4) is 0 Å². The summed E-state index contributed by atoms with van der Waals surface area (Å²) in [4.78, 5) is 23.3. The van der Waals surface area contributed by atoms with E-state index in [0.29, 0.717) is 22.8 Å². The van der Waals surface area contributed by atoms with E-state index in [4.69, 9.17) is 11.6 Å². The Morgan fingerprint density at radius 2 is 1.87 bits per heavy atom. The Labute approximate surface area is 139 Å². The van der Waals surface area contributed by atoms with Gasteiger partial charge in [-0.15, -0.1) is 0 Å². The molecule has 0 fully saturated rings. The van der Waals surface area contributed by atoms with Gasteiger partial charge in [0.05, 0.1) is 19.2 Å². The minimum Gasteiger partial charge on any atom is -0.465 e. The highest BCUT2D eigenvalue weighted by Crippen LogP contribution is 2.11. The first kappa shape index (κ1) is 16.8. The number of carbonyl (C=O) groups excluding carboxylic acids is 2. The fourth-order valence-corrected chi connectivity index (χ4v) is 2.05. The van der Waals surface area contributed by atoms with Crippen molar-refractivity contribution in [3.63, 3.8) is 0 Å². The predicted octanol–water partition coefficient (Wildman–Crippen LogP) is 2.85. The topological polar surface area (TPSA) is 67.4 Å². The Balaban J connectivity index is 1.82. The second-order valence-corrected chi connectivity index (χ2v) is 5.27. The average Bonchev–Trinajstić information content (AvgIpc) is 2.59. The molecule has 0 aromatic heterocycles. The molecule has 120 valence electrons. The maximum atomic E-state index is 11.8. The number of rotatable bonds is 6. The normalized spacial score (nSPS) is 10.0. The van der Waals surface area contributed by atoms with Crippen molar-refractivity contribution in [1.82, 2.24) is 5.32 Å². The Morgan fingerprint density at radius 1 is 1.13 bits per heavy atom. The van der Waals surface area contributed by atoms with Crippen LogP contribution in [-0.4, -0.2) is 25.5 Å². The quantitative estimate of drug-likeness (QED) is 0.798. The van der Waals surface area contributed by atoms with Crippen molar-refractivity contribution in [2.45, 2.75) is 6.54 Å². The van der Waals surface area contributed by atoms with Gasteiger partial charge in [0.25, 0.3) is 0 Å². The Hall–Kier alpha value is -2.53. The molecule has 6 heteroatoms. The summed E-state index contributed by atoms with van der Waals surface area (Å²) in [6, 6.07) is 14.1. The van der Waals surface area contributed by atoms with Gasteiger partial charge in [0.1, 0.15) is 0 Å². The van der Waals surface area contributed by atoms with Crippen molar-refractivity contribution in [1.29, 1.82) is 0 Å². The molecular weight excluding hydrogens is 316 g/mol. The minimum absolute atomic E-state index is 0.109. The smallest absolute Gasteiger partial charge is 0.337 e. The number of halogens is 1. The second-order valence-electron chi connectivity index (χ2n) is 4.83. The zero-order valence-electron chi connectivity index (χ0n) is 12.6. The zero-order valence-corrected chi connectivity index (χ0v) is 13.4. The molecule has 2 aromatic rings. The number of nitrogens with one attached hydrogen (secondary N) is 2. The van der Waals surface area contributed by atoms with Crippen LogP contribution in [0.1, 0.15) is 15.9 Å². The van der Waals surface area contributed by atoms with E-state index in [1.807, 2.05) is 12.1 Å². The molecule has 0 saturated carbocycles. The SMILES string of the molecule is COC(=O)c1cccc(NCC(=O)NCc2ccc(Cl)cc2)c1. The molecule has 0 atom stereocenters. The summed E-state index contributed by atoms with van der Waals surface area (Å²) >= 11 is 5.81. The van der Waals surface area contributed by atoms with Gasteiger partial charge < -0.3 is 15.4 Å². The van der Waals surface area contributed by atoms with Gasteiger partial charge in [0.15, 0.2) is 0 Å². The number of benzene rings is 2. The first-order valence-electron chi connectivity index (χ1n) is 7.02. The monoisotopic (exact) mass is 332 g/mol. The van der Waals surface area contributed by atoms with Crippen LogP contribution >= 0.6 is 11.6 Å². The minimum atomic E-state index is -0.416. The van der Waals surface area contributed by atoms with Gasteiger partial charge >= 0.3 is 5.97 Å². The lowest BCUT2D eigenvalue weighted by Gasteiger charge is -2.09. The van der Waals surface area contributed by atoms with E-state index in [1.165, 1.54) is 7.11 Å². The molecule has 5 nitrogen and oxygen atoms in total. The number of anilines is 1. The lowest BCUT2D eigenvalue weighted by molar-refractivity contribution is -0.119. The molecule has 0 aliphatic heterocycles. The largest absolute Gasteiger partial charge is 0.465 e. The van der Waals surface area contributed by atoms with E-state index in [0.717, 1.165) is 5.56 Å². The summed E-state index contributed by atoms with van der Waals surface area (Å²) < 4.78 is 4.66. The summed E-state index contributed by atoms with van der Waals surface area (Å²) in [5, 5.41) is 6.43. The molecule has 2 rings (SSSR count). The number of esters is 1. The number of amides is 1. The number of hydrogen-bond donors (Lipinski definition) is 2. The molecule has 0 bridgehead atoms. The summed E-state index contributed by atoms with van der Waals surface area (Å²) in [7, 11) is 1.33. The Bertz CT molecular complexity index is 686. The van der Waals surface area contributed by atoms with E-state index >= 15 is 0 Å². The van der Waals surface area contributed by atoms with E-state index in [2.05, 4.69) is 15.4 Å². The van der Waals surface area contributed by atoms with Crippen molar-refractivity contribution < 1.29 is 14.3 Å². The standard InChI is InChI=1S/C17H17ClN2O3/c1-23-17(22)13-3-2-4-15(9-13)19-11-16(21)20-10-12-5-7-14(18)8-6-12/h2-9,19H,10-11H2,1H3,(H,20,21). The zero-order chi connectivity index (χ0) is 16.7. The van der Waals surface area contributed by atoms with Crippen molar-refractivity contribution in [3.05, 3.63) is 64.7 Å². The Morgan fingerprint density at radius 3 is 2.57 bits per heavy atom. The fourth-order valence-electron chi connectivity index (χ4n) is 1.92. The summed E-state index contributed by atoms with van der Waals surface area (Å²) in [6.07, 6.45) is 0. The van der Waals surface area contributed by atoms with Crippen LogP contribution in [0, 0.1) is 0 Å². The summed E-state index contributed by atoms with van der Waals surface area (Å²) in [6.45, 7) is 0.540. The van der Waals surface area contributed by atoms with Crippen LogP contribution in [0.15, 0.2) is 48.5 Å². The third kappa shape index (κ3) is 5.30. The third-order valence-corrected chi connectivity index (χ3v) is 3.39. The molecule has 0 unspecified atom stereocenters. The average molecular weight is 333 g/mol. The van der Waals surface area contributed by atoms with Crippen LogP contribution in [0.5, 0.6) is 0 Å². The van der Waals surface area contributed by atoms with Crippen LogP contribution in [0.3, 0.4) is 0 Å². The summed E-state index contributed by atoms with van der Waals surface area (Å²) in [5.74, 6) is -0.565. The molecule has 0 aliphatic rings. The van der Waals surface area contributed by atoms with Crippen LogP contribution in [0.4, 0.5) is 5.69 Å². The van der Waals surface area contributed by atoms with Crippen LogP contribution in [0.2, 0.25) is 5.02 Å². The highest BCUT2D eigenvalue weighted by atomic mass is 35.5. The molecule has 2 N–H and O–H groups in total. The number of ether oxygens (including phenoxy) is 1. The predicted molar refractivity (Wildman–Crippen MR) is 89.6 cm³/mol. The first-order chi connectivity index (χ1) is 11.1. The Kier molecular flexibility index (Phi) is 6.00. The third-order valence-electron chi connectivity index (χ3n) is 3.14. The lowest BCUT2D eigenvalue weighted by Crippen LogP contribution is -2.29. The highest BCUT2D eigenvalue weighted by molar-refractivity contribution is 6.30. The van der Waals surface area contributed by atoms with Gasteiger partial charge in [-0.3, -0.25) is 4.79 Å². The lowest BCUT2D eigenvalue weighted by atomic mass is 10.2. The first-order valence-corrected chi connectivity index (χ1v) is 7.39. The van der Waals surface area contributed by atoms with Gasteiger partial charge in [-0.1, -0.05) is 29.8 Å². The van der Waals surface area contributed by atoms with Gasteiger partial charge in [-0.05, 0) is 35.9 Å². The number of carbonyl (C=O) groups is 2. The van der Waals surface area contributed by atoms with Crippen molar-refractivity contribution in [2.24, 2.45) is 0 Å². The second kappa shape index (κ2) is 8.19.